The number of alkyl halides is 1. The highest BCUT2D eigenvalue weighted by molar-refractivity contribution is 8.00. The molecule has 0 spiro atoms. The molecular formula is C18H21B2ClN4O7S2. The lowest BCUT2D eigenvalue weighted by Crippen LogP contribution is -2.71. The third kappa shape index (κ3) is 5.16. The second-order valence-electron chi connectivity index (χ2n) is 7.26. The van der Waals surface area contributed by atoms with Gasteiger partial charge in [0.05, 0.1) is 5.01 Å². The van der Waals surface area contributed by atoms with Crippen molar-refractivity contribution < 1.29 is 33.7 Å². The van der Waals surface area contributed by atoms with Gasteiger partial charge in [0.1, 0.15) is 22.8 Å². The van der Waals surface area contributed by atoms with Gasteiger partial charge in [0.25, 0.3) is 11.8 Å². The van der Waals surface area contributed by atoms with Crippen molar-refractivity contribution in [2.75, 3.05) is 11.6 Å². The van der Waals surface area contributed by atoms with Gasteiger partial charge in [-0.15, -0.1) is 34.7 Å². The van der Waals surface area contributed by atoms with Crippen LogP contribution in [0.1, 0.15) is 24.0 Å². The zero-order chi connectivity index (χ0) is 25.0. The Morgan fingerprint density at radius 1 is 1.50 bits per heavy atom. The molecule has 11 nitrogen and oxygen atoms in total. The maximum Gasteiger partial charge on any atom is 0.353 e. The number of nitrogens with one attached hydrogen (secondary N) is 1. The number of β-lactam (4-membered cyclic amide) rings is 1. The van der Waals surface area contributed by atoms with Crippen LogP contribution in [-0.4, -0.2) is 88.8 Å². The van der Waals surface area contributed by atoms with Crippen molar-refractivity contribution >= 4 is 79.4 Å². The van der Waals surface area contributed by atoms with Crippen molar-refractivity contribution in [3.05, 3.63) is 27.4 Å². The van der Waals surface area contributed by atoms with Crippen LogP contribution in [0.4, 0.5) is 0 Å². The number of aryl methyl sites for hydroxylation is 1. The molecular weight excluding hydrogens is 505 g/mol. The fourth-order valence-electron chi connectivity index (χ4n) is 3.34. The monoisotopic (exact) mass is 526 g/mol. The lowest BCUT2D eigenvalue weighted by molar-refractivity contribution is -0.149. The number of halogens is 1. The number of fused-ring (bicyclic) bond motifs is 1. The molecule has 0 aromatic carbocycles. The van der Waals surface area contributed by atoms with Crippen LogP contribution in [0.25, 0.3) is 0 Å². The molecule has 0 bridgehead atoms. The van der Waals surface area contributed by atoms with Crippen LogP contribution in [0.2, 0.25) is 0 Å². The summed E-state index contributed by atoms with van der Waals surface area (Å²) in [5.41, 5.74) is 0.0794. The SMILES string of the molecule is BOC(=O)C1=C(CCl)CS[C@@H]2[C@H](NC(=O)/C(=N\O[C@@H](CC)C(=O)BO)c3csc(C)n3)C(=O)N12. The summed E-state index contributed by atoms with van der Waals surface area (Å²) in [6.45, 7) is 3.42. The summed E-state index contributed by atoms with van der Waals surface area (Å²) < 4.78 is 4.80. The number of carbonyl (C=O) groups excluding carboxylic acids is 4. The maximum atomic E-state index is 13.1. The fraction of sp³-hybridized carbons (Fsp3) is 0.444. The van der Waals surface area contributed by atoms with Gasteiger partial charge in [-0.05, 0) is 18.9 Å². The molecule has 3 rings (SSSR count). The van der Waals surface area contributed by atoms with Crippen molar-refractivity contribution in [1.82, 2.24) is 15.2 Å². The first kappa shape index (κ1) is 26.3. The standard InChI is InChI=1S/C18H21B2ClN4O7S2/c1-3-10(14(26)20-30)32-24-11(9-6-33-7(2)22-9)15(27)23-12-16(28)25-13(18(29)31-19)8(4-21)5-34-17(12)25/h6,10,12,17,20,30H,3-5,19H2,1-2H3,(H,23,27)/b24-11-/t10-,12+,17+/m0/s1. The summed E-state index contributed by atoms with van der Waals surface area (Å²) in [6.07, 6.45) is -0.808. The molecule has 1 aromatic heterocycles. The van der Waals surface area contributed by atoms with E-state index >= 15 is 0 Å². The second kappa shape index (κ2) is 11.4. The van der Waals surface area contributed by atoms with Crippen LogP contribution in [0.5, 0.6) is 0 Å². The maximum absolute atomic E-state index is 13.1. The van der Waals surface area contributed by atoms with Crippen molar-refractivity contribution in [2.24, 2.45) is 5.16 Å². The van der Waals surface area contributed by atoms with Crippen LogP contribution in [0.15, 0.2) is 21.8 Å². The smallest absolute Gasteiger partial charge is 0.353 e. The predicted molar refractivity (Wildman–Crippen MR) is 130 cm³/mol. The molecule has 1 fully saturated rings. The van der Waals surface area contributed by atoms with Crippen LogP contribution in [-0.2, 0) is 28.7 Å². The Labute approximate surface area is 210 Å². The lowest BCUT2D eigenvalue weighted by Gasteiger charge is -2.49. The number of carbonyl (C=O) groups is 4. The molecule has 0 aliphatic carbocycles. The Morgan fingerprint density at radius 3 is 2.79 bits per heavy atom. The summed E-state index contributed by atoms with van der Waals surface area (Å²) in [4.78, 5) is 60.8. The Hall–Kier alpha value is -2.35. The summed E-state index contributed by atoms with van der Waals surface area (Å²) >= 11 is 8.57. The molecule has 2 N–H and O–H groups in total. The van der Waals surface area contributed by atoms with Crippen molar-refractivity contribution in [3.63, 3.8) is 0 Å². The van der Waals surface area contributed by atoms with Gasteiger partial charge in [0.2, 0.25) is 0 Å². The predicted octanol–water partition coefficient (Wildman–Crippen LogP) is -1.19. The number of hydrogen-bond donors (Lipinski definition) is 2. The molecule has 2 aliphatic heterocycles. The van der Waals surface area contributed by atoms with Crippen molar-refractivity contribution in [2.45, 2.75) is 37.8 Å². The van der Waals surface area contributed by atoms with E-state index in [1.165, 1.54) is 36.0 Å². The molecule has 180 valence electrons. The summed E-state index contributed by atoms with van der Waals surface area (Å²) in [7, 11) is 0.488. The number of aromatic nitrogens is 1. The summed E-state index contributed by atoms with van der Waals surface area (Å²) in [5, 5.41) is 17.3. The zero-order valence-electron chi connectivity index (χ0n) is 18.6. The van der Waals surface area contributed by atoms with E-state index in [0.717, 1.165) is 0 Å². The molecule has 0 radical (unpaired) electrons. The molecule has 0 saturated carbocycles. The van der Waals surface area contributed by atoms with Gasteiger partial charge in [-0.3, -0.25) is 14.5 Å². The van der Waals surface area contributed by atoms with E-state index in [2.05, 4.69) is 15.5 Å². The Kier molecular flexibility index (Phi) is 8.79. The van der Waals surface area contributed by atoms with E-state index in [9.17, 15) is 19.2 Å². The largest absolute Gasteiger partial charge is 0.539 e. The number of thiazole rings is 1. The Morgan fingerprint density at radius 2 is 2.24 bits per heavy atom. The molecule has 34 heavy (non-hydrogen) atoms. The van der Waals surface area contributed by atoms with Crippen LogP contribution >= 0.6 is 34.7 Å². The zero-order valence-corrected chi connectivity index (χ0v) is 21.0. The molecule has 2 amide bonds. The van der Waals surface area contributed by atoms with Crippen LogP contribution < -0.4 is 5.32 Å². The minimum Gasteiger partial charge on any atom is -0.539 e. The third-order valence-electron chi connectivity index (χ3n) is 5.11. The highest BCUT2D eigenvalue weighted by Gasteiger charge is 2.54. The number of hydrogen-bond acceptors (Lipinski definition) is 11. The number of oxime groups is 1. The van der Waals surface area contributed by atoms with Gasteiger partial charge in [-0.1, -0.05) is 12.1 Å². The topological polar surface area (TPSA) is 147 Å². The number of nitrogens with zero attached hydrogens (tertiary/aromatic N) is 3. The van der Waals surface area contributed by atoms with E-state index in [4.69, 9.17) is 26.1 Å². The minimum atomic E-state index is -1.04. The first-order valence-corrected chi connectivity index (χ1v) is 12.6. The van der Waals surface area contributed by atoms with Gasteiger partial charge >= 0.3 is 21.5 Å². The molecule has 1 saturated heterocycles. The van der Waals surface area contributed by atoms with Crippen LogP contribution in [0.3, 0.4) is 0 Å². The van der Waals surface area contributed by atoms with E-state index in [1.807, 2.05) is 0 Å². The highest BCUT2D eigenvalue weighted by atomic mass is 35.5. The quantitative estimate of drug-likeness (QED) is 0.126. The highest BCUT2D eigenvalue weighted by Crippen LogP contribution is 2.40. The van der Waals surface area contributed by atoms with Gasteiger partial charge in [0, 0.05) is 17.0 Å². The third-order valence-corrected chi connectivity index (χ3v) is 7.54. The Balaban J connectivity index is 1.82. The molecule has 3 heterocycles. The summed E-state index contributed by atoms with van der Waals surface area (Å²) in [6, 6.07) is -0.931. The van der Waals surface area contributed by atoms with Crippen LogP contribution in [0, 0.1) is 6.92 Å². The van der Waals surface area contributed by atoms with Gasteiger partial charge in [-0.2, -0.15) is 0 Å². The first-order valence-electron chi connectivity index (χ1n) is 10.2. The number of amides is 2. The molecule has 16 heteroatoms. The van der Waals surface area contributed by atoms with Gasteiger partial charge < -0.3 is 24.6 Å². The number of rotatable bonds is 10. The van der Waals surface area contributed by atoms with Gasteiger partial charge in [0.15, 0.2) is 17.5 Å². The molecule has 0 unspecified atom stereocenters. The van der Waals surface area contributed by atoms with E-state index in [-0.39, 0.29) is 29.4 Å². The first-order chi connectivity index (χ1) is 16.3. The fourth-order valence-corrected chi connectivity index (χ4v) is 5.61. The Bertz CT molecular complexity index is 1070. The normalized spacial score (nSPS) is 20.8. The van der Waals surface area contributed by atoms with Gasteiger partial charge in [-0.25, -0.2) is 9.78 Å². The summed E-state index contributed by atoms with van der Waals surface area (Å²) in [5.74, 6) is -1.45. The van der Waals surface area contributed by atoms with E-state index in [1.54, 1.807) is 19.2 Å². The average Bonchev–Trinajstić information content (AvgIpc) is 3.28. The molecule has 2 aliphatic rings. The van der Waals surface area contributed by atoms with E-state index in [0.29, 0.717) is 16.3 Å². The van der Waals surface area contributed by atoms with E-state index < -0.39 is 48.5 Å². The lowest BCUT2D eigenvalue weighted by atomic mass is 9.88. The average molecular weight is 527 g/mol. The van der Waals surface area contributed by atoms with Crippen molar-refractivity contribution in [3.8, 4) is 0 Å². The minimum absolute atomic E-state index is 0.0629. The van der Waals surface area contributed by atoms with Crippen molar-refractivity contribution in [1.29, 1.82) is 0 Å². The molecule has 1 aromatic rings. The number of thioether (sulfide) groups is 1. The molecule has 3 atom stereocenters. The second-order valence-corrected chi connectivity index (χ2v) is 9.69.